The smallest absolute Gasteiger partial charge is 0.338 e. The Bertz CT molecular complexity index is 1340. The Balaban J connectivity index is 1.77. The van der Waals surface area contributed by atoms with Gasteiger partial charge in [-0.2, -0.15) is 0 Å². The van der Waals surface area contributed by atoms with Gasteiger partial charge in [-0.1, -0.05) is 0 Å². The second-order valence-corrected chi connectivity index (χ2v) is 8.77. The number of likely N-dealkylation sites (tertiary alicyclic amines) is 1. The van der Waals surface area contributed by atoms with E-state index < -0.39 is 23.4 Å². The number of ether oxygens (including phenoxy) is 4. The molecule has 10 heteroatoms. The average Bonchev–Trinajstić information content (AvgIpc) is 2.83. The molecule has 0 saturated carbocycles. The first-order valence-corrected chi connectivity index (χ1v) is 11.4. The van der Waals surface area contributed by atoms with Crippen molar-refractivity contribution in [2.45, 2.75) is 25.4 Å². The fourth-order valence-electron chi connectivity index (χ4n) is 4.72. The van der Waals surface area contributed by atoms with Gasteiger partial charge in [0.25, 0.3) is 0 Å². The van der Waals surface area contributed by atoms with Crippen molar-refractivity contribution in [2.24, 2.45) is 0 Å². The molecule has 1 saturated heterocycles. The maximum atomic E-state index is 13.3. The summed E-state index contributed by atoms with van der Waals surface area (Å²) >= 11 is 0. The van der Waals surface area contributed by atoms with Gasteiger partial charge in [0.15, 0.2) is 16.9 Å². The number of aromatic hydroxyl groups is 2. The number of hydrogen-bond acceptors (Lipinski definition) is 10. The molecule has 1 aliphatic heterocycles. The van der Waals surface area contributed by atoms with Crippen LogP contribution in [0.1, 0.15) is 34.0 Å². The first-order chi connectivity index (χ1) is 17.2. The van der Waals surface area contributed by atoms with E-state index in [9.17, 15) is 19.8 Å². The summed E-state index contributed by atoms with van der Waals surface area (Å²) in [5.41, 5.74) is 0.172. The number of esters is 1. The summed E-state index contributed by atoms with van der Waals surface area (Å²) in [5, 5.41) is 21.1. The van der Waals surface area contributed by atoms with Crippen LogP contribution in [-0.2, 0) is 4.74 Å². The molecule has 0 spiro atoms. The van der Waals surface area contributed by atoms with Crippen molar-refractivity contribution in [2.75, 3.05) is 41.5 Å². The monoisotopic (exact) mass is 499 g/mol. The van der Waals surface area contributed by atoms with Gasteiger partial charge in [0.2, 0.25) is 5.75 Å². The fourth-order valence-corrected chi connectivity index (χ4v) is 4.72. The molecule has 192 valence electrons. The van der Waals surface area contributed by atoms with Crippen LogP contribution < -0.4 is 19.6 Å². The highest BCUT2D eigenvalue weighted by atomic mass is 16.5. The summed E-state index contributed by atoms with van der Waals surface area (Å²) in [6.07, 6.45) is -0.186. The van der Waals surface area contributed by atoms with Crippen molar-refractivity contribution in [3.8, 4) is 28.7 Å². The number of rotatable bonds is 6. The van der Waals surface area contributed by atoms with Crippen LogP contribution >= 0.6 is 0 Å². The van der Waals surface area contributed by atoms with Crippen molar-refractivity contribution in [3.63, 3.8) is 0 Å². The van der Waals surface area contributed by atoms with Crippen LogP contribution in [0.5, 0.6) is 28.7 Å². The minimum Gasteiger partial charge on any atom is -0.507 e. The van der Waals surface area contributed by atoms with Crippen molar-refractivity contribution >= 4 is 16.9 Å². The van der Waals surface area contributed by atoms with Crippen LogP contribution in [0.15, 0.2) is 33.5 Å². The van der Waals surface area contributed by atoms with Gasteiger partial charge in [-0.15, -0.1) is 0 Å². The van der Waals surface area contributed by atoms with E-state index >= 15 is 0 Å². The van der Waals surface area contributed by atoms with Crippen molar-refractivity contribution in [3.05, 3.63) is 51.4 Å². The lowest BCUT2D eigenvalue weighted by Crippen LogP contribution is -2.43. The lowest BCUT2D eigenvalue weighted by molar-refractivity contribution is 0.00189. The van der Waals surface area contributed by atoms with Crippen LogP contribution in [0.25, 0.3) is 11.0 Å². The van der Waals surface area contributed by atoms with Crippen LogP contribution in [0.4, 0.5) is 0 Å². The van der Waals surface area contributed by atoms with E-state index in [-0.39, 0.29) is 28.0 Å². The summed E-state index contributed by atoms with van der Waals surface area (Å²) < 4.78 is 27.8. The third-order valence-electron chi connectivity index (χ3n) is 6.41. The number of benzene rings is 2. The number of fused-ring (bicyclic) bond motifs is 1. The van der Waals surface area contributed by atoms with E-state index in [0.29, 0.717) is 48.1 Å². The van der Waals surface area contributed by atoms with Gasteiger partial charge in [-0.3, -0.25) is 4.79 Å². The largest absolute Gasteiger partial charge is 0.507 e. The number of hydrogen-bond donors (Lipinski definition) is 2. The lowest BCUT2D eigenvalue weighted by Gasteiger charge is -2.36. The summed E-state index contributed by atoms with van der Waals surface area (Å²) in [6, 6.07) is 5.40. The minimum atomic E-state index is -0.695. The molecule has 1 aliphatic rings. The van der Waals surface area contributed by atoms with Gasteiger partial charge >= 0.3 is 5.97 Å². The topological polar surface area (TPSA) is 128 Å². The third-order valence-corrected chi connectivity index (χ3v) is 6.41. The zero-order valence-corrected chi connectivity index (χ0v) is 20.8. The van der Waals surface area contributed by atoms with Crippen LogP contribution in [-0.4, -0.2) is 68.7 Å². The molecule has 0 aliphatic carbocycles. The number of phenolic OH excluding ortho intramolecular Hbond substituents is 2. The first kappa shape index (κ1) is 25.2. The highest BCUT2D eigenvalue weighted by Gasteiger charge is 2.37. The molecule has 0 bridgehead atoms. The Morgan fingerprint density at radius 1 is 1.03 bits per heavy atom. The highest BCUT2D eigenvalue weighted by Crippen LogP contribution is 2.43. The maximum Gasteiger partial charge on any atom is 0.338 e. The van der Waals surface area contributed by atoms with Gasteiger partial charge in [-0.25, -0.2) is 4.79 Å². The molecule has 2 aromatic carbocycles. The zero-order chi connectivity index (χ0) is 26.1. The van der Waals surface area contributed by atoms with Gasteiger partial charge < -0.3 is 38.5 Å². The maximum absolute atomic E-state index is 13.3. The molecule has 2 atom stereocenters. The summed E-state index contributed by atoms with van der Waals surface area (Å²) in [7, 11) is 6.27. The molecule has 2 heterocycles. The molecule has 0 radical (unpaired) electrons. The molecule has 36 heavy (non-hydrogen) atoms. The van der Waals surface area contributed by atoms with E-state index in [1.165, 1.54) is 39.5 Å². The zero-order valence-electron chi connectivity index (χ0n) is 20.8. The Kier molecular flexibility index (Phi) is 6.98. The molecule has 4 rings (SSSR count). The molecular weight excluding hydrogens is 470 g/mol. The number of phenols is 2. The van der Waals surface area contributed by atoms with Crippen LogP contribution in [0, 0.1) is 6.92 Å². The number of carbonyl (C=O) groups is 1. The number of piperidine rings is 1. The number of aryl methyl sites for hydroxylation is 1. The second kappa shape index (κ2) is 9.98. The fraction of sp³-hybridized carbons (Fsp3) is 0.385. The minimum absolute atomic E-state index is 0.0259. The van der Waals surface area contributed by atoms with Crippen molar-refractivity contribution < 1.29 is 38.4 Å². The Labute approximate surface area is 207 Å². The van der Waals surface area contributed by atoms with E-state index in [1.54, 1.807) is 6.92 Å². The molecule has 10 nitrogen and oxygen atoms in total. The first-order valence-electron chi connectivity index (χ1n) is 11.4. The molecule has 2 N–H and O–H groups in total. The number of methoxy groups -OCH3 is 3. The number of likely N-dealkylation sites (N-methyl/N-ethyl adjacent to an activating group) is 1. The van der Waals surface area contributed by atoms with E-state index in [4.69, 9.17) is 23.4 Å². The Morgan fingerprint density at radius 2 is 1.69 bits per heavy atom. The van der Waals surface area contributed by atoms with E-state index in [2.05, 4.69) is 0 Å². The van der Waals surface area contributed by atoms with Gasteiger partial charge in [-0.05, 0) is 39.1 Å². The molecule has 0 amide bonds. The molecule has 2 unspecified atom stereocenters. The van der Waals surface area contributed by atoms with E-state index in [0.717, 1.165) is 6.07 Å². The molecular formula is C26H29NO9. The summed E-state index contributed by atoms with van der Waals surface area (Å²) in [6.45, 7) is 2.64. The van der Waals surface area contributed by atoms with Crippen molar-refractivity contribution in [1.82, 2.24) is 4.90 Å². The molecule has 3 aromatic rings. The highest BCUT2D eigenvalue weighted by molar-refractivity contribution is 5.92. The van der Waals surface area contributed by atoms with E-state index in [1.807, 2.05) is 11.9 Å². The van der Waals surface area contributed by atoms with Gasteiger partial charge in [0.1, 0.15) is 34.3 Å². The summed E-state index contributed by atoms with van der Waals surface area (Å²) in [4.78, 5) is 27.9. The Hall–Kier alpha value is -3.92. The third kappa shape index (κ3) is 4.51. The normalized spacial score (nSPS) is 18.1. The molecule has 1 fully saturated rings. The van der Waals surface area contributed by atoms with Crippen molar-refractivity contribution in [1.29, 1.82) is 0 Å². The average molecular weight is 500 g/mol. The predicted molar refractivity (Wildman–Crippen MR) is 131 cm³/mol. The standard InChI is InChI=1S/C26H29NO9/c1-13-8-16(28)23-18(30)11-17(29)22(25(23)35-13)15-6-7-27(2)12-21(15)36-26(31)14-9-19(32-3)24(34-5)20(10-14)33-4/h8-11,15,21,29-30H,6-7,12H2,1-5H3. The molecule has 1 aromatic heterocycles. The van der Waals surface area contributed by atoms with Gasteiger partial charge in [0.05, 0.1) is 26.9 Å². The summed E-state index contributed by atoms with van der Waals surface area (Å²) in [5.74, 6) is -0.451. The van der Waals surface area contributed by atoms with Crippen LogP contribution in [0.2, 0.25) is 0 Å². The predicted octanol–water partition coefficient (Wildman–Crippen LogP) is 3.18. The quantitative estimate of drug-likeness (QED) is 0.488. The Morgan fingerprint density at radius 3 is 2.31 bits per heavy atom. The SMILES string of the molecule is COc1cc(C(=O)OC2CN(C)CCC2c2c(O)cc(O)c3c(=O)cc(C)oc23)cc(OC)c1OC. The van der Waals surface area contributed by atoms with Gasteiger partial charge in [0, 0.05) is 30.2 Å². The van der Waals surface area contributed by atoms with Crippen LogP contribution in [0.3, 0.4) is 0 Å². The number of nitrogens with zero attached hydrogens (tertiary/aromatic N) is 1. The number of carbonyl (C=O) groups excluding carboxylic acids is 1. The second-order valence-electron chi connectivity index (χ2n) is 8.77. The lowest BCUT2D eigenvalue weighted by atomic mass is 9.85.